The topological polar surface area (TPSA) is 143 Å². The molecule has 1 aromatic carbocycles. The molecule has 0 aliphatic carbocycles. The minimum Gasteiger partial charge on any atom is -0.494 e. The summed E-state index contributed by atoms with van der Waals surface area (Å²) in [4.78, 5) is 30.4. The number of aromatic nitrogens is 1. The van der Waals surface area contributed by atoms with Crippen molar-refractivity contribution in [1.29, 1.82) is 0 Å². The highest BCUT2D eigenvalue weighted by molar-refractivity contribution is 7.13. The SMILES string of the molecule is CN/C(=N/N)NCc1csc(C(=O)Nc2c(OC)cc(Cl)cc2C(=O)Nc2ccc(Cl)cn2)c1Cl. The lowest BCUT2D eigenvalue weighted by atomic mass is 10.1. The molecule has 0 bridgehead atoms. The number of pyridine rings is 1. The van der Waals surface area contributed by atoms with Crippen LogP contribution in [0.15, 0.2) is 40.9 Å². The minimum absolute atomic E-state index is 0.0619. The van der Waals surface area contributed by atoms with Gasteiger partial charge in [-0.05, 0) is 23.6 Å². The van der Waals surface area contributed by atoms with E-state index in [9.17, 15) is 9.59 Å². The lowest BCUT2D eigenvalue weighted by Crippen LogP contribution is -2.35. The summed E-state index contributed by atoms with van der Waals surface area (Å²) < 4.78 is 5.36. The molecule has 0 aliphatic rings. The van der Waals surface area contributed by atoms with Crippen LogP contribution in [0.4, 0.5) is 11.5 Å². The third kappa shape index (κ3) is 6.45. The number of methoxy groups -OCH3 is 1. The van der Waals surface area contributed by atoms with Crippen molar-refractivity contribution in [3.05, 3.63) is 66.9 Å². The third-order valence-corrected chi connectivity index (χ3v) is 6.57. The van der Waals surface area contributed by atoms with E-state index in [0.29, 0.717) is 16.5 Å². The summed E-state index contributed by atoms with van der Waals surface area (Å²) in [6, 6.07) is 6.00. The summed E-state index contributed by atoms with van der Waals surface area (Å²) >= 11 is 19.6. The van der Waals surface area contributed by atoms with Gasteiger partial charge in [-0.1, -0.05) is 34.8 Å². The lowest BCUT2D eigenvalue weighted by Gasteiger charge is -2.15. The van der Waals surface area contributed by atoms with Crippen molar-refractivity contribution in [2.24, 2.45) is 10.9 Å². The lowest BCUT2D eigenvalue weighted by molar-refractivity contribution is 0.102. The molecular weight excluding hydrogens is 537 g/mol. The maximum Gasteiger partial charge on any atom is 0.267 e. The molecule has 2 aromatic heterocycles. The van der Waals surface area contributed by atoms with Gasteiger partial charge in [0.05, 0.1) is 28.4 Å². The molecule has 14 heteroatoms. The third-order valence-electron chi connectivity index (χ3n) is 4.56. The van der Waals surface area contributed by atoms with Crippen molar-refractivity contribution >= 4 is 75.4 Å². The number of hydrazone groups is 1. The number of hydrogen-bond donors (Lipinski definition) is 5. The largest absolute Gasteiger partial charge is 0.494 e. The number of carbonyl (C=O) groups is 2. The van der Waals surface area contributed by atoms with Crippen LogP contribution in [-0.4, -0.2) is 36.9 Å². The van der Waals surface area contributed by atoms with E-state index in [4.69, 9.17) is 45.4 Å². The minimum atomic E-state index is -0.571. The van der Waals surface area contributed by atoms with Crippen molar-refractivity contribution in [3.63, 3.8) is 0 Å². The number of thiophene rings is 1. The van der Waals surface area contributed by atoms with Crippen molar-refractivity contribution in [2.45, 2.75) is 6.54 Å². The molecule has 6 N–H and O–H groups in total. The van der Waals surface area contributed by atoms with Crippen molar-refractivity contribution in [3.8, 4) is 5.75 Å². The monoisotopic (exact) mass is 555 g/mol. The van der Waals surface area contributed by atoms with E-state index in [2.05, 4.69) is 31.4 Å². The number of halogens is 3. The maximum atomic E-state index is 13.1. The number of anilines is 2. The first-order valence-corrected chi connectivity index (χ1v) is 11.9. The van der Waals surface area contributed by atoms with Crippen LogP contribution in [0, 0.1) is 0 Å². The number of carbonyl (C=O) groups excluding carboxylic acids is 2. The van der Waals surface area contributed by atoms with Gasteiger partial charge in [0.2, 0.25) is 5.96 Å². The number of benzene rings is 1. The number of guanidine groups is 1. The van der Waals surface area contributed by atoms with Crippen molar-refractivity contribution < 1.29 is 14.3 Å². The molecular formula is C21H20Cl3N7O3S. The van der Waals surface area contributed by atoms with E-state index in [0.717, 1.165) is 11.3 Å². The van der Waals surface area contributed by atoms with Crippen molar-refractivity contribution in [2.75, 3.05) is 24.8 Å². The van der Waals surface area contributed by atoms with E-state index in [1.54, 1.807) is 18.5 Å². The summed E-state index contributed by atoms with van der Waals surface area (Å²) in [5.41, 5.74) is 0.838. The molecule has 35 heavy (non-hydrogen) atoms. The highest BCUT2D eigenvalue weighted by Crippen LogP contribution is 2.35. The Hall–Kier alpha value is -3.25. The summed E-state index contributed by atoms with van der Waals surface area (Å²) in [6.07, 6.45) is 1.39. The number of nitrogens with zero attached hydrogens (tertiary/aromatic N) is 2. The molecule has 0 saturated heterocycles. The molecule has 184 valence electrons. The second kappa shape index (κ2) is 11.9. The van der Waals surface area contributed by atoms with Crippen molar-refractivity contribution in [1.82, 2.24) is 15.6 Å². The average Bonchev–Trinajstić information content (AvgIpc) is 3.22. The zero-order valence-corrected chi connectivity index (χ0v) is 21.5. The van der Waals surface area contributed by atoms with Gasteiger partial charge in [-0.25, -0.2) is 4.98 Å². The summed E-state index contributed by atoms with van der Waals surface area (Å²) in [5.74, 6) is 4.96. The predicted octanol–water partition coefficient (Wildman–Crippen LogP) is 4.16. The molecule has 0 saturated carbocycles. The van der Waals surface area contributed by atoms with E-state index in [-0.39, 0.29) is 44.3 Å². The van der Waals surface area contributed by atoms with Gasteiger partial charge in [0.15, 0.2) is 0 Å². The predicted molar refractivity (Wildman–Crippen MR) is 140 cm³/mol. The molecule has 3 rings (SSSR count). The fraction of sp³-hybridized carbons (Fsp3) is 0.143. The zero-order valence-electron chi connectivity index (χ0n) is 18.4. The average molecular weight is 557 g/mol. The first kappa shape index (κ1) is 26.4. The number of rotatable bonds is 7. The smallest absolute Gasteiger partial charge is 0.267 e. The molecule has 0 spiro atoms. The van der Waals surface area contributed by atoms with Gasteiger partial charge in [-0.2, -0.15) is 0 Å². The molecule has 0 aliphatic heterocycles. The van der Waals surface area contributed by atoms with Gasteiger partial charge < -0.3 is 31.8 Å². The Morgan fingerprint density at radius 3 is 2.54 bits per heavy atom. The van der Waals surface area contributed by atoms with Crippen LogP contribution in [0.5, 0.6) is 5.75 Å². The van der Waals surface area contributed by atoms with Gasteiger partial charge in [0.1, 0.15) is 16.4 Å². The molecule has 0 radical (unpaired) electrons. The first-order chi connectivity index (χ1) is 16.8. The van der Waals surface area contributed by atoms with Gasteiger partial charge in [0.25, 0.3) is 11.8 Å². The number of nitrogens with two attached hydrogens (primary N) is 1. The normalized spacial score (nSPS) is 11.1. The molecule has 3 aromatic rings. The Labute approximate surface area is 219 Å². The fourth-order valence-corrected chi connectivity index (χ4v) is 4.46. The number of amides is 2. The van der Waals surface area contributed by atoms with Crippen LogP contribution in [0.2, 0.25) is 15.1 Å². The highest BCUT2D eigenvalue weighted by Gasteiger charge is 2.23. The Morgan fingerprint density at radius 1 is 1.14 bits per heavy atom. The van der Waals surface area contributed by atoms with E-state index >= 15 is 0 Å². The highest BCUT2D eigenvalue weighted by atomic mass is 35.5. The van der Waals surface area contributed by atoms with E-state index in [1.165, 1.54) is 31.5 Å². The van der Waals surface area contributed by atoms with Crippen LogP contribution >= 0.6 is 46.1 Å². The number of ether oxygens (including phenoxy) is 1. The summed E-state index contributed by atoms with van der Waals surface area (Å²) in [7, 11) is 3.05. The fourth-order valence-electron chi connectivity index (χ4n) is 2.88. The molecule has 0 unspecified atom stereocenters. The van der Waals surface area contributed by atoms with Gasteiger partial charge in [0, 0.05) is 36.4 Å². The van der Waals surface area contributed by atoms with Gasteiger partial charge >= 0.3 is 0 Å². The number of nitrogens with one attached hydrogen (secondary N) is 4. The summed E-state index contributed by atoms with van der Waals surface area (Å²) in [5, 5.41) is 17.3. The molecule has 2 amide bonds. The molecule has 2 heterocycles. The molecule has 10 nitrogen and oxygen atoms in total. The Bertz CT molecular complexity index is 1270. The Kier molecular flexibility index (Phi) is 8.99. The van der Waals surface area contributed by atoms with Crippen LogP contribution < -0.4 is 31.8 Å². The van der Waals surface area contributed by atoms with E-state index in [1.807, 2.05) is 0 Å². The van der Waals surface area contributed by atoms with Crippen LogP contribution in [0.25, 0.3) is 0 Å². The molecule has 0 fully saturated rings. The first-order valence-electron chi connectivity index (χ1n) is 9.84. The molecule has 0 atom stereocenters. The standard InChI is InChI=1S/C21H20Cl3N7O3S/c1-26-21(31-25)28-7-10-9-35-18(16(10)24)20(33)30-17-13(5-12(23)6-14(17)34-2)19(32)29-15-4-3-11(22)8-27-15/h3-6,8-9H,7,25H2,1-2H3,(H,30,33)(H2,26,28,31)(H,27,29,32). The number of hydrogen-bond acceptors (Lipinski definition) is 7. The second-order valence-corrected chi connectivity index (χ2v) is 8.92. The zero-order chi connectivity index (χ0) is 25.5. The van der Waals surface area contributed by atoms with Gasteiger partial charge in [-0.3, -0.25) is 9.59 Å². The maximum absolute atomic E-state index is 13.1. The second-order valence-electron chi connectivity index (χ2n) is 6.79. The van der Waals surface area contributed by atoms with Crippen LogP contribution in [0.3, 0.4) is 0 Å². The Morgan fingerprint density at radius 2 is 1.91 bits per heavy atom. The quantitative estimate of drug-likeness (QED) is 0.127. The summed E-state index contributed by atoms with van der Waals surface area (Å²) in [6.45, 7) is 0.283. The van der Waals surface area contributed by atoms with E-state index < -0.39 is 11.8 Å². The van der Waals surface area contributed by atoms with Crippen LogP contribution in [0.1, 0.15) is 25.6 Å². The Balaban J connectivity index is 1.87. The van der Waals surface area contributed by atoms with Crippen LogP contribution in [-0.2, 0) is 6.54 Å². The van der Waals surface area contributed by atoms with Gasteiger partial charge in [-0.15, -0.1) is 16.4 Å².